The number of rotatable bonds is 7. The fourth-order valence-corrected chi connectivity index (χ4v) is 4.35. The highest BCUT2D eigenvalue weighted by atomic mass is 16.2. The number of carbonyl (C=O) groups excluding carboxylic acids is 2. The Balaban J connectivity index is 1.38. The van der Waals surface area contributed by atoms with E-state index < -0.39 is 0 Å². The van der Waals surface area contributed by atoms with Gasteiger partial charge in [-0.1, -0.05) is 30.3 Å². The second-order valence-corrected chi connectivity index (χ2v) is 8.41. The Morgan fingerprint density at radius 1 is 1.00 bits per heavy atom. The lowest BCUT2D eigenvalue weighted by molar-refractivity contribution is -0.130. The molecule has 0 unspecified atom stereocenters. The topological polar surface area (TPSA) is 55.2 Å². The number of aryl methyl sites for hydroxylation is 3. The third-order valence-electron chi connectivity index (χ3n) is 6.25. The van der Waals surface area contributed by atoms with Gasteiger partial charge >= 0.3 is 0 Å². The summed E-state index contributed by atoms with van der Waals surface area (Å²) >= 11 is 0. The quantitative estimate of drug-likeness (QED) is 0.530. The van der Waals surface area contributed by atoms with Crippen LogP contribution in [-0.4, -0.2) is 33.4 Å². The van der Waals surface area contributed by atoms with Crippen LogP contribution < -0.4 is 0 Å². The van der Waals surface area contributed by atoms with E-state index in [0.29, 0.717) is 6.54 Å². The predicted molar refractivity (Wildman–Crippen MR) is 122 cm³/mol. The number of hydrogen-bond donors (Lipinski definition) is 0. The van der Waals surface area contributed by atoms with Crippen LogP contribution in [0.2, 0.25) is 0 Å². The first-order valence-corrected chi connectivity index (χ1v) is 10.9. The van der Waals surface area contributed by atoms with E-state index in [0.717, 1.165) is 47.5 Å². The minimum Gasteiger partial charge on any atom is -0.341 e. The third kappa shape index (κ3) is 4.46. The number of carbonyl (C=O) groups is 2. The predicted octanol–water partition coefficient (Wildman–Crippen LogP) is 4.60. The Morgan fingerprint density at radius 2 is 1.74 bits per heavy atom. The molecule has 0 fully saturated rings. The molecule has 3 aromatic rings. The molecular formula is C26H29N3O2. The summed E-state index contributed by atoms with van der Waals surface area (Å²) in [4.78, 5) is 27.0. The van der Waals surface area contributed by atoms with Gasteiger partial charge in [-0.2, -0.15) is 5.10 Å². The molecule has 5 nitrogen and oxygen atoms in total. The molecule has 1 aliphatic rings. The first-order valence-electron chi connectivity index (χ1n) is 10.9. The number of Topliss-reactive ketones (excluding diaryl/α,β-unsaturated/α-hetero) is 1. The molecule has 2 aromatic carbocycles. The highest BCUT2D eigenvalue weighted by Gasteiger charge is 2.19. The number of aromatic nitrogens is 2. The van der Waals surface area contributed by atoms with Gasteiger partial charge in [0.2, 0.25) is 5.91 Å². The molecule has 5 heteroatoms. The van der Waals surface area contributed by atoms with Crippen molar-refractivity contribution in [2.75, 3.05) is 7.05 Å². The maximum atomic E-state index is 12.7. The van der Waals surface area contributed by atoms with E-state index >= 15 is 0 Å². The number of hydrogen-bond acceptors (Lipinski definition) is 3. The van der Waals surface area contributed by atoms with Crippen LogP contribution in [0, 0.1) is 13.8 Å². The van der Waals surface area contributed by atoms with Crippen molar-refractivity contribution in [2.45, 2.75) is 52.5 Å². The van der Waals surface area contributed by atoms with Gasteiger partial charge in [-0.3, -0.25) is 9.59 Å². The summed E-state index contributed by atoms with van der Waals surface area (Å²) < 4.78 is 1.92. The zero-order valence-corrected chi connectivity index (χ0v) is 18.5. The molecule has 0 radical (unpaired) electrons. The van der Waals surface area contributed by atoms with Gasteiger partial charge in [0.25, 0.3) is 0 Å². The van der Waals surface area contributed by atoms with E-state index in [4.69, 9.17) is 0 Å². The SMILES string of the molecule is Cc1nn(-c2ccccc2)c(C)c1CN(C)C(=O)CCC(=O)c1ccc2c(c1)CCC2. The van der Waals surface area contributed by atoms with Gasteiger partial charge in [0.15, 0.2) is 5.78 Å². The van der Waals surface area contributed by atoms with Crippen molar-refractivity contribution in [3.63, 3.8) is 0 Å². The molecule has 1 aliphatic carbocycles. The summed E-state index contributed by atoms with van der Waals surface area (Å²) in [6.07, 6.45) is 3.77. The van der Waals surface area contributed by atoms with E-state index in [-0.39, 0.29) is 24.5 Å². The Hall–Kier alpha value is -3.21. The van der Waals surface area contributed by atoms with Gasteiger partial charge in [-0.25, -0.2) is 4.68 Å². The Labute approximate surface area is 183 Å². The lowest BCUT2D eigenvalue weighted by atomic mass is 10.0. The summed E-state index contributed by atoms with van der Waals surface area (Å²) in [6, 6.07) is 16.0. The molecule has 0 spiro atoms. The van der Waals surface area contributed by atoms with Crippen LogP contribution in [0.3, 0.4) is 0 Å². The average molecular weight is 416 g/mol. The zero-order chi connectivity index (χ0) is 22.0. The van der Waals surface area contributed by atoms with Crippen LogP contribution in [0.4, 0.5) is 0 Å². The summed E-state index contributed by atoms with van der Waals surface area (Å²) in [5.74, 6) is 0.0153. The highest BCUT2D eigenvalue weighted by Crippen LogP contribution is 2.24. The largest absolute Gasteiger partial charge is 0.341 e. The summed E-state index contributed by atoms with van der Waals surface area (Å²) in [5.41, 5.74) is 7.36. The van der Waals surface area contributed by atoms with E-state index in [1.165, 1.54) is 11.1 Å². The van der Waals surface area contributed by atoms with Gasteiger partial charge in [0.05, 0.1) is 11.4 Å². The van der Waals surface area contributed by atoms with E-state index in [1.54, 1.807) is 11.9 Å². The molecule has 0 bridgehead atoms. The molecule has 4 rings (SSSR count). The van der Waals surface area contributed by atoms with Crippen molar-refractivity contribution in [3.8, 4) is 5.69 Å². The fraction of sp³-hybridized carbons (Fsp3) is 0.346. The average Bonchev–Trinajstić information content (AvgIpc) is 3.37. The summed E-state index contributed by atoms with van der Waals surface area (Å²) in [5, 5.41) is 4.66. The van der Waals surface area contributed by atoms with Crippen LogP contribution >= 0.6 is 0 Å². The molecule has 1 aromatic heterocycles. The van der Waals surface area contributed by atoms with Crippen LogP contribution in [-0.2, 0) is 24.2 Å². The van der Waals surface area contributed by atoms with Crippen molar-refractivity contribution in [2.24, 2.45) is 0 Å². The number of ketones is 1. The van der Waals surface area contributed by atoms with E-state index in [1.807, 2.05) is 61.0 Å². The molecular weight excluding hydrogens is 386 g/mol. The van der Waals surface area contributed by atoms with Crippen molar-refractivity contribution in [1.29, 1.82) is 0 Å². The lowest BCUT2D eigenvalue weighted by Crippen LogP contribution is -2.27. The zero-order valence-electron chi connectivity index (χ0n) is 18.5. The van der Waals surface area contributed by atoms with Crippen molar-refractivity contribution < 1.29 is 9.59 Å². The minimum absolute atomic E-state index is 0.0271. The molecule has 0 N–H and O–H groups in total. The second kappa shape index (κ2) is 8.88. The highest BCUT2D eigenvalue weighted by molar-refractivity contribution is 5.98. The number of nitrogens with zero attached hydrogens (tertiary/aromatic N) is 3. The standard InChI is InChI=1S/C26H29N3O2/c1-18-24(19(2)29(27-18)23-10-5-4-6-11-23)17-28(3)26(31)15-14-25(30)22-13-12-20-8-7-9-21(20)16-22/h4-6,10-13,16H,7-9,14-15,17H2,1-3H3. The van der Waals surface area contributed by atoms with Gasteiger partial charge in [-0.15, -0.1) is 0 Å². The molecule has 31 heavy (non-hydrogen) atoms. The van der Waals surface area contributed by atoms with Crippen LogP contribution in [0.25, 0.3) is 5.69 Å². The molecule has 1 amide bonds. The van der Waals surface area contributed by atoms with E-state index in [9.17, 15) is 9.59 Å². The summed E-state index contributed by atoms with van der Waals surface area (Å²) in [7, 11) is 1.79. The van der Waals surface area contributed by atoms with E-state index in [2.05, 4.69) is 11.2 Å². The van der Waals surface area contributed by atoms with Crippen LogP contribution in [0.15, 0.2) is 48.5 Å². The number of benzene rings is 2. The second-order valence-electron chi connectivity index (χ2n) is 8.41. The van der Waals surface area contributed by atoms with Gasteiger partial charge in [0, 0.05) is 43.3 Å². The smallest absolute Gasteiger partial charge is 0.223 e. The lowest BCUT2D eigenvalue weighted by Gasteiger charge is -2.17. The first-order chi connectivity index (χ1) is 14.9. The fourth-order valence-electron chi connectivity index (χ4n) is 4.35. The minimum atomic E-state index is -0.0271. The van der Waals surface area contributed by atoms with Gasteiger partial charge in [0.1, 0.15) is 0 Å². The molecule has 1 heterocycles. The molecule has 160 valence electrons. The third-order valence-corrected chi connectivity index (χ3v) is 6.25. The first kappa shape index (κ1) is 21.0. The van der Waals surface area contributed by atoms with Crippen molar-refractivity contribution in [3.05, 3.63) is 82.2 Å². The van der Waals surface area contributed by atoms with Crippen LogP contribution in [0.1, 0.15) is 57.7 Å². The van der Waals surface area contributed by atoms with Crippen molar-refractivity contribution >= 4 is 11.7 Å². The normalized spacial score (nSPS) is 12.6. The summed E-state index contributed by atoms with van der Waals surface area (Å²) in [6.45, 7) is 4.48. The maximum absolute atomic E-state index is 12.7. The maximum Gasteiger partial charge on any atom is 0.223 e. The molecule has 0 saturated carbocycles. The van der Waals surface area contributed by atoms with Crippen molar-refractivity contribution in [1.82, 2.24) is 14.7 Å². The molecule has 0 atom stereocenters. The monoisotopic (exact) mass is 415 g/mol. The number of amides is 1. The Kier molecular flexibility index (Phi) is 6.03. The Morgan fingerprint density at radius 3 is 2.52 bits per heavy atom. The Bertz CT molecular complexity index is 1120. The molecule has 0 aliphatic heterocycles. The van der Waals surface area contributed by atoms with Crippen LogP contribution in [0.5, 0.6) is 0 Å². The molecule has 0 saturated heterocycles. The van der Waals surface area contributed by atoms with Gasteiger partial charge in [-0.05, 0) is 62.4 Å². The number of para-hydroxylation sites is 1. The van der Waals surface area contributed by atoms with Gasteiger partial charge < -0.3 is 4.90 Å². The number of fused-ring (bicyclic) bond motifs is 1.